The van der Waals surface area contributed by atoms with Crippen LogP contribution >= 0.6 is 0 Å². The van der Waals surface area contributed by atoms with E-state index in [1.165, 1.54) is 0 Å². The first-order valence-corrected chi connectivity index (χ1v) is 5.47. The van der Waals surface area contributed by atoms with Crippen LogP contribution in [0.15, 0.2) is 18.2 Å². The summed E-state index contributed by atoms with van der Waals surface area (Å²) in [5.74, 6) is 0. The van der Waals surface area contributed by atoms with Gasteiger partial charge in [-0.05, 0) is 25.0 Å². The van der Waals surface area contributed by atoms with E-state index in [2.05, 4.69) is 17.0 Å². The first-order valence-electron chi connectivity index (χ1n) is 5.47. The molecule has 82 valence electrons. The zero-order valence-electron chi connectivity index (χ0n) is 9.20. The molecule has 0 amide bonds. The molecule has 2 rings (SSSR count). The number of aryl methyl sites for hydroxylation is 1. The first-order chi connectivity index (χ1) is 7.29. The molecule has 3 heteroatoms. The highest BCUT2D eigenvalue weighted by atomic mass is 16.5. The number of hydrogen-bond acceptors (Lipinski definition) is 3. The van der Waals surface area contributed by atoms with Crippen LogP contribution in [-0.2, 0) is 4.74 Å². The zero-order valence-corrected chi connectivity index (χ0v) is 9.20. The second-order valence-corrected chi connectivity index (χ2v) is 3.96. The highest BCUT2D eigenvalue weighted by Gasteiger charge is 2.12. The summed E-state index contributed by atoms with van der Waals surface area (Å²) < 4.78 is 5.43. The Morgan fingerprint density at radius 1 is 1.27 bits per heavy atom. The van der Waals surface area contributed by atoms with Gasteiger partial charge in [0.25, 0.3) is 0 Å². The molecule has 0 radical (unpaired) electrons. The molecule has 1 saturated heterocycles. The molecular formula is C12H18N2O. The largest absolute Gasteiger partial charge is 0.397 e. The number of benzene rings is 1. The predicted octanol–water partition coefficient (Wildman–Crippen LogP) is 1.80. The number of nitrogens with two attached hydrogens (primary N) is 1. The van der Waals surface area contributed by atoms with E-state index in [0.717, 1.165) is 49.7 Å². The lowest BCUT2D eigenvalue weighted by molar-refractivity contribution is 0.152. The van der Waals surface area contributed by atoms with Gasteiger partial charge in [-0.25, -0.2) is 0 Å². The molecule has 0 aromatic heterocycles. The first kappa shape index (κ1) is 10.3. The van der Waals surface area contributed by atoms with Crippen LogP contribution < -0.4 is 10.6 Å². The Balaban J connectivity index is 2.23. The highest BCUT2D eigenvalue weighted by molar-refractivity contribution is 5.70. The van der Waals surface area contributed by atoms with Crippen molar-refractivity contribution in [2.75, 3.05) is 36.9 Å². The van der Waals surface area contributed by atoms with Gasteiger partial charge in [-0.1, -0.05) is 12.1 Å². The summed E-state index contributed by atoms with van der Waals surface area (Å²) in [6, 6.07) is 6.20. The van der Waals surface area contributed by atoms with E-state index in [4.69, 9.17) is 10.5 Å². The van der Waals surface area contributed by atoms with Crippen molar-refractivity contribution < 1.29 is 4.74 Å². The van der Waals surface area contributed by atoms with Gasteiger partial charge in [0.05, 0.1) is 18.0 Å². The van der Waals surface area contributed by atoms with E-state index in [0.29, 0.717) is 0 Å². The fraction of sp³-hybridized carbons (Fsp3) is 0.500. The number of hydrogen-bond donors (Lipinski definition) is 1. The third-order valence-corrected chi connectivity index (χ3v) is 2.86. The van der Waals surface area contributed by atoms with E-state index >= 15 is 0 Å². The van der Waals surface area contributed by atoms with Crippen LogP contribution in [0.1, 0.15) is 12.0 Å². The van der Waals surface area contributed by atoms with Crippen LogP contribution in [0.25, 0.3) is 0 Å². The van der Waals surface area contributed by atoms with Crippen molar-refractivity contribution in [1.29, 1.82) is 0 Å². The monoisotopic (exact) mass is 206 g/mol. The fourth-order valence-corrected chi connectivity index (χ4v) is 1.93. The molecule has 0 bridgehead atoms. The van der Waals surface area contributed by atoms with Crippen LogP contribution in [0, 0.1) is 6.92 Å². The lowest BCUT2D eigenvalue weighted by atomic mass is 10.1. The molecule has 15 heavy (non-hydrogen) atoms. The van der Waals surface area contributed by atoms with Crippen molar-refractivity contribution in [1.82, 2.24) is 0 Å². The highest BCUT2D eigenvalue weighted by Crippen LogP contribution is 2.26. The average Bonchev–Trinajstić information content (AvgIpc) is 2.50. The number of nitrogen functional groups attached to an aromatic ring is 1. The lowest BCUT2D eigenvalue weighted by Gasteiger charge is -2.24. The average molecular weight is 206 g/mol. The molecule has 1 aliphatic rings. The van der Waals surface area contributed by atoms with E-state index in [-0.39, 0.29) is 0 Å². The minimum absolute atomic E-state index is 0.799. The van der Waals surface area contributed by atoms with Crippen LogP contribution in [0.3, 0.4) is 0 Å². The van der Waals surface area contributed by atoms with Crippen molar-refractivity contribution in [3.63, 3.8) is 0 Å². The number of nitrogens with zero attached hydrogens (tertiary/aromatic N) is 1. The topological polar surface area (TPSA) is 38.5 Å². The number of anilines is 2. The maximum atomic E-state index is 6.08. The Bertz CT molecular complexity index is 330. The summed E-state index contributed by atoms with van der Waals surface area (Å²) >= 11 is 0. The van der Waals surface area contributed by atoms with Crippen LogP contribution in [0.4, 0.5) is 11.4 Å². The number of ether oxygens (including phenoxy) is 1. The van der Waals surface area contributed by atoms with Gasteiger partial charge in [-0.3, -0.25) is 0 Å². The van der Waals surface area contributed by atoms with E-state index < -0.39 is 0 Å². The molecule has 2 N–H and O–H groups in total. The van der Waals surface area contributed by atoms with Gasteiger partial charge >= 0.3 is 0 Å². The molecule has 0 unspecified atom stereocenters. The number of para-hydroxylation sites is 1. The van der Waals surface area contributed by atoms with Gasteiger partial charge < -0.3 is 15.4 Å². The third kappa shape index (κ3) is 2.23. The van der Waals surface area contributed by atoms with E-state index in [1.54, 1.807) is 0 Å². The quantitative estimate of drug-likeness (QED) is 0.712. The number of rotatable bonds is 1. The van der Waals surface area contributed by atoms with Crippen molar-refractivity contribution in [2.24, 2.45) is 0 Å². The molecule has 1 heterocycles. The van der Waals surface area contributed by atoms with Crippen molar-refractivity contribution >= 4 is 11.4 Å². The Morgan fingerprint density at radius 2 is 2.13 bits per heavy atom. The molecule has 0 spiro atoms. The Hall–Kier alpha value is -1.22. The Labute approximate surface area is 90.8 Å². The molecule has 0 atom stereocenters. The summed E-state index contributed by atoms with van der Waals surface area (Å²) in [7, 11) is 0. The minimum atomic E-state index is 0.799. The minimum Gasteiger partial charge on any atom is -0.397 e. The van der Waals surface area contributed by atoms with Gasteiger partial charge in [0.2, 0.25) is 0 Å². The normalized spacial score (nSPS) is 17.5. The van der Waals surface area contributed by atoms with Crippen LogP contribution in [0.2, 0.25) is 0 Å². The molecule has 1 aromatic carbocycles. The predicted molar refractivity (Wildman–Crippen MR) is 63.2 cm³/mol. The summed E-state index contributed by atoms with van der Waals surface area (Å²) in [6.45, 7) is 5.68. The van der Waals surface area contributed by atoms with Crippen molar-refractivity contribution in [3.05, 3.63) is 23.8 Å². The van der Waals surface area contributed by atoms with Crippen molar-refractivity contribution in [2.45, 2.75) is 13.3 Å². The zero-order chi connectivity index (χ0) is 10.7. The lowest BCUT2D eigenvalue weighted by Crippen LogP contribution is -2.26. The molecule has 1 aromatic rings. The molecule has 1 fully saturated rings. The van der Waals surface area contributed by atoms with Gasteiger partial charge in [0.1, 0.15) is 0 Å². The maximum Gasteiger partial charge on any atom is 0.0641 e. The Morgan fingerprint density at radius 3 is 3.00 bits per heavy atom. The molecule has 1 aliphatic heterocycles. The fourth-order valence-electron chi connectivity index (χ4n) is 1.93. The third-order valence-electron chi connectivity index (χ3n) is 2.86. The summed E-state index contributed by atoms with van der Waals surface area (Å²) in [5.41, 5.74) is 9.29. The van der Waals surface area contributed by atoms with Crippen LogP contribution in [0.5, 0.6) is 0 Å². The summed E-state index contributed by atoms with van der Waals surface area (Å²) in [5, 5.41) is 0. The van der Waals surface area contributed by atoms with Crippen LogP contribution in [-0.4, -0.2) is 26.3 Å². The van der Waals surface area contributed by atoms with Gasteiger partial charge in [0.15, 0.2) is 0 Å². The van der Waals surface area contributed by atoms with Gasteiger partial charge in [0, 0.05) is 19.7 Å². The van der Waals surface area contributed by atoms with Gasteiger partial charge in [-0.2, -0.15) is 0 Å². The second kappa shape index (κ2) is 4.53. The van der Waals surface area contributed by atoms with E-state index in [9.17, 15) is 0 Å². The summed E-state index contributed by atoms with van der Waals surface area (Å²) in [4.78, 5) is 2.31. The smallest absolute Gasteiger partial charge is 0.0641 e. The Kier molecular flexibility index (Phi) is 3.11. The molecular weight excluding hydrogens is 188 g/mol. The summed E-state index contributed by atoms with van der Waals surface area (Å²) in [6.07, 6.45) is 1.08. The molecule has 3 nitrogen and oxygen atoms in total. The molecule has 0 aliphatic carbocycles. The maximum absolute atomic E-state index is 6.08. The second-order valence-electron chi connectivity index (χ2n) is 3.96. The van der Waals surface area contributed by atoms with Crippen molar-refractivity contribution in [3.8, 4) is 0 Å². The van der Waals surface area contributed by atoms with E-state index in [1.807, 2.05) is 13.0 Å². The SMILES string of the molecule is Cc1cccc(N2CCCOCC2)c1N. The standard InChI is InChI=1S/C12H18N2O/c1-10-4-2-5-11(12(10)13)14-6-3-8-15-9-7-14/h2,4-5H,3,6-9,13H2,1H3. The molecule has 0 saturated carbocycles. The van der Waals surface area contributed by atoms with Gasteiger partial charge in [-0.15, -0.1) is 0 Å².